The van der Waals surface area contributed by atoms with Gasteiger partial charge in [-0.25, -0.2) is 0 Å². The number of hydrogen-bond acceptors (Lipinski definition) is 2. The molecule has 0 radical (unpaired) electrons. The molecule has 1 heterocycles. The van der Waals surface area contributed by atoms with Gasteiger partial charge in [-0.1, -0.05) is 56.5 Å². The van der Waals surface area contributed by atoms with Crippen LogP contribution in [0.1, 0.15) is 67.0 Å². The first-order valence-electron chi connectivity index (χ1n) is 8.25. The number of benzene rings is 1. The van der Waals surface area contributed by atoms with Crippen molar-refractivity contribution in [3.8, 4) is 0 Å². The van der Waals surface area contributed by atoms with Gasteiger partial charge in [0.1, 0.15) is 0 Å². The fraction of sp³-hybridized carbons (Fsp3) is 0.474. The Morgan fingerprint density at radius 1 is 1.10 bits per heavy atom. The molecule has 1 unspecified atom stereocenters. The zero-order valence-electron chi connectivity index (χ0n) is 12.8. The van der Waals surface area contributed by atoms with E-state index in [1.807, 2.05) is 11.3 Å². The third kappa shape index (κ3) is 3.56. The molecule has 1 atom stereocenters. The smallest absolute Gasteiger partial charge is 0.0670 e. The highest BCUT2D eigenvalue weighted by atomic mass is 32.1. The lowest BCUT2D eigenvalue weighted by Gasteiger charge is -2.23. The molecule has 21 heavy (non-hydrogen) atoms. The van der Waals surface area contributed by atoms with Crippen LogP contribution < -0.4 is 5.32 Å². The van der Waals surface area contributed by atoms with Gasteiger partial charge in [0, 0.05) is 4.88 Å². The van der Waals surface area contributed by atoms with Crippen molar-refractivity contribution in [3.05, 3.63) is 57.8 Å². The summed E-state index contributed by atoms with van der Waals surface area (Å²) in [7, 11) is 0. The number of hydrogen-bond donors (Lipinski definition) is 1. The monoisotopic (exact) mass is 299 g/mol. The van der Waals surface area contributed by atoms with E-state index in [2.05, 4.69) is 54.0 Å². The molecule has 1 aromatic carbocycles. The van der Waals surface area contributed by atoms with Crippen molar-refractivity contribution in [1.82, 2.24) is 5.32 Å². The van der Waals surface area contributed by atoms with Crippen LogP contribution in [0, 0.1) is 0 Å². The lowest BCUT2D eigenvalue weighted by atomic mass is 9.83. The summed E-state index contributed by atoms with van der Waals surface area (Å²) in [6, 6.07) is 14.1. The summed E-state index contributed by atoms with van der Waals surface area (Å²) in [5, 5.41) is 5.77. The normalized spacial score (nSPS) is 17.8. The molecule has 112 valence electrons. The van der Waals surface area contributed by atoms with Crippen LogP contribution in [0.2, 0.25) is 0 Å². The van der Waals surface area contributed by atoms with Crippen LogP contribution >= 0.6 is 11.3 Å². The fourth-order valence-corrected chi connectivity index (χ4v) is 4.27. The second-order valence-corrected chi connectivity index (χ2v) is 6.99. The van der Waals surface area contributed by atoms with E-state index in [9.17, 15) is 0 Å². The average Bonchev–Trinajstić information content (AvgIpc) is 3.08. The number of nitrogens with one attached hydrogen (secondary N) is 1. The summed E-state index contributed by atoms with van der Waals surface area (Å²) in [5.74, 6) is 0.798. The SMILES string of the molecule is CCNC(c1ccc(C2CCCCC2)cc1)c1cccs1. The first-order chi connectivity index (χ1) is 10.4. The molecule has 3 rings (SSSR count). The first-order valence-corrected chi connectivity index (χ1v) is 9.13. The van der Waals surface area contributed by atoms with E-state index in [4.69, 9.17) is 0 Å². The average molecular weight is 299 g/mol. The maximum absolute atomic E-state index is 3.61. The number of rotatable bonds is 5. The van der Waals surface area contributed by atoms with E-state index in [0.717, 1.165) is 12.5 Å². The first kappa shape index (κ1) is 14.8. The van der Waals surface area contributed by atoms with Crippen molar-refractivity contribution >= 4 is 11.3 Å². The summed E-state index contributed by atoms with van der Waals surface area (Å²) >= 11 is 1.84. The topological polar surface area (TPSA) is 12.0 Å². The Balaban J connectivity index is 1.78. The van der Waals surface area contributed by atoms with Gasteiger partial charge in [0.2, 0.25) is 0 Å². The van der Waals surface area contributed by atoms with Gasteiger partial charge in [-0.15, -0.1) is 11.3 Å². The van der Waals surface area contributed by atoms with Crippen LogP contribution in [0.25, 0.3) is 0 Å². The van der Waals surface area contributed by atoms with Gasteiger partial charge in [-0.2, -0.15) is 0 Å². The van der Waals surface area contributed by atoms with Crippen LogP contribution in [0.3, 0.4) is 0 Å². The molecule has 2 heteroatoms. The Bertz CT molecular complexity index is 523. The minimum Gasteiger partial charge on any atom is -0.306 e. The Morgan fingerprint density at radius 3 is 2.48 bits per heavy atom. The lowest BCUT2D eigenvalue weighted by Crippen LogP contribution is -2.21. The van der Waals surface area contributed by atoms with Crippen LogP contribution in [0.15, 0.2) is 41.8 Å². The maximum atomic E-state index is 3.61. The summed E-state index contributed by atoms with van der Waals surface area (Å²) in [6.07, 6.45) is 6.99. The second-order valence-electron chi connectivity index (χ2n) is 6.01. The minimum atomic E-state index is 0.343. The van der Waals surface area contributed by atoms with Gasteiger partial charge in [-0.05, 0) is 47.9 Å². The summed E-state index contributed by atoms with van der Waals surface area (Å²) in [5.41, 5.74) is 2.93. The molecule has 1 aliphatic rings. The number of thiophene rings is 1. The molecule has 0 aliphatic heterocycles. The highest BCUT2D eigenvalue weighted by molar-refractivity contribution is 7.10. The standard InChI is InChI=1S/C19H25NS/c1-2-20-19(18-9-6-14-21-18)17-12-10-16(11-13-17)15-7-4-3-5-8-15/h6,9-15,19-20H,2-5,7-8H2,1H3. The third-order valence-electron chi connectivity index (χ3n) is 4.58. The molecular weight excluding hydrogens is 274 g/mol. The molecule has 1 nitrogen and oxygen atoms in total. The van der Waals surface area contributed by atoms with E-state index in [1.165, 1.54) is 42.5 Å². The van der Waals surface area contributed by atoms with Gasteiger partial charge >= 0.3 is 0 Å². The van der Waals surface area contributed by atoms with Crippen molar-refractivity contribution in [2.24, 2.45) is 0 Å². The summed E-state index contributed by atoms with van der Waals surface area (Å²) in [4.78, 5) is 1.40. The zero-order valence-corrected chi connectivity index (χ0v) is 13.7. The van der Waals surface area contributed by atoms with Gasteiger partial charge in [-0.3, -0.25) is 0 Å². The molecular formula is C19H25NS. The molecule has 0 spiro atoms. The summed E-state index contributed by atoms with van der Waals surface area (Å²) in [6.45, 7) is 3.17. The Labute approximate surface area is 132 Å². The highest BCUT2D eigenvalue weighted by Gasteiger charge is 2.17. The van der Waals surface area contributed by atoms with Crippen LogP contribution in [0.4, 0.5) is 0 Å². The predicted molar refractivity (Wildman–Crippen MR) is 92.1 cm³/mol. The Kier molecular flexibility index (Phi) is 5.10. The van der Waals surface area contributed by atoms with Crippen molar-refractivity contribution in [2.75, 3.05) is 6.54 Å². The lowest BCUT2D eigenvalue weighted by molar-refractivity contribution is 0.443. The van der Waals surface area contributed by atoms with Gasteiger partial charge in [0.25, 0.3) is 0 Å². The van der Waals surface area contributed by atoms with E-state index >= 15 is 0 Å². The predicted octanol–water partition coefficient (Wildman–Crippen LogP) is 5.49. The summed E-state index contributed by atoms with van der Waals surface area (Å²) < 4.78 is 0. The van der Waals surface area contributed by atoms with Crippen LogP contribution in [0.5, 0.6) is 0 Å². The van der Waals surface area contributed by atoms with Crippen molar-refractivity contribution in [1.29, 1.82) is 0 Å². The maximum Gasteiger partial charge on any atom is 0.0670 e. The third-order valence-corrected chi connectivity index (χ3v) is 5.52. The van der Waals surface area contributed by atoms with Gasteiger partial charge < -0.3 is 5.32 Å². The van der Waals surface area contributed by atoms with Crippen LogP contribution in [-0.2, 0) is 0 Å². The van der Waals surface area contributed by atoms with Crippen LogP contribution in [-0.4, -0.2) is 6.54 Å². The zero-order chi connectivity index (χ0) is 14.5. The fourth-order valence-electron chi connectivity index (χ4n) is 3.44. The quantitative estimate of drug-likeness (QED) is 0.769. The van der Waals surface area contributed by atoms with Gasteiger partial charge in [0.05, 0.1) is 6.04 Å². The molecule has 1 fully saturated rings. The highest BCUT2D eigenvalue weighted by Crippen LogP contribution is 2.34. The van der Waals surface area contributed by atoms with E-state index in [1.54, 1.807) is 5.56 Å². The Hall–Kier alpha value is -1.12. The molecule has 1 aromatic heterocycles. The molecule has 0 saturated heterocycles. The second kappa shape index (κ2) is 7.24. The van der Waals surface area contributed by atoms with Crippen molar-refractivity contribution < 1.29 is 0 Å². The van der Waals surface area contributed by atoms with E-state index in [0.29, 0.717) is 6.04 Å². The largest absolute Gasteiger partial charge is 0.306 e. The molecule has 0 amide bonds. The molecule has 1 N–H and O–H groups in total. The Morgan fingerprint density at radius 2 is 1.86 bits per heavy atom. The van der Waals surface area contributed by atoms with E-state index < -0.39 is 0 Å². The van der Waals surface area contributed by atoms with E-state index in [-0.39, 0.29) is 0 Å². The minimum absolute atomic E-state index is 0.343. The molecule has 1 saturated carbocycles. The molecule has 1 aliphatic carbocycles. The van der Waals surface area contributed by atoms with Crippen molar-refractivity contribution in [3.63, 3.8) is 0 Å². The molecule has 2 aromatic rings. The molecule has 0 bridgehead atoms. The van der Waals surface area contributed by atoms with Gasteiger partial charge in [0.15, 0.2) is 0 Å². The van der Waals surface area contributed by atoms with Crippen molar-refractivity contribution in [2.45, 2.75) is 51.0 Å².